The topological polar surface area (TPSA) is 26.3 Å². The normalized spacial score (nSPS) is 11.4. The van der Waals surface area contributed by atoms with E-state index < -0.39 is 18.4 Å². The molecule has 0 heterocycles. The van der Waals surface area contributed by atoms with Crippen LogP contribution >= 0.6 is 15.9 Å². The lowest BCUT2D eigenvalue weighted by molar-refractivity contribution is -0.171. The van der Waals surface area contributed by atoms with Crippen LogP contribution in [0, 0.1) is 0 Å². The molecule has 0 amide bonds. The van der Waals surface area contributed by atoms with Crippen LogP contribution in [0.25, 0.3) is 0 Å². The molecule has 1 aromatic carbocycles. The molecule has 0 unspecified atom stereocenters. The molecule has 0 aliphatic heterocycles. The third-order valence-corrected chi connectivity index (χ3v) is 3.17. The van der Waals surface area contributed by atoms with E-state index in [1.807, 2.05) is 24.3 Å². The van der Waals surface area contributed by atoms with Gasteiger partial charge >= 0.3 is 6.18 Å². The molecule has 6 heteroatoms. The lowest BCUT2D eigenvalue weighted by Gasteiger charge is -2.07. The molecule has 0 spiro atoms. The molecule has 0 saturated carbocycles. The van der Waals surface area contributed by atoms with Gasteiger partial charge in [0, 0.05) is 10.9 Å². The number of alkyl halides is 3. The van der Waals surface area contributed by atoms with Crippen LogP contribution in [0.5, 0.6) is 5.75 Å². The summed E-state index contributed by atoms with van der Waals surface area (Å²) in [4.78, 5) is 10.6. The van der Waals surface area contributed by atoms with Crippen LogP contribution in [-0.2, 0) is 4.79 Å². The molecule has 0 aromatic heterocycles. The number of hydrogen-bond donors (Lipinski definition) is 0. The number of Topliss-reactive ketones (excluding diaryl/α,β-unsaturated/α-hetero) is 1. The Morgan fingerprint density at radius 1 is 1.15 bits per heavy atom. The fraction of sp³-hybridized carbons (Fsp3) is 0.500. The Balaban J connectivity index is 2.04. The van der Waals surface area contributed by atoms with Crippen molar-refractivity contribution in [1.82, 2.24) is 0 Å². The van der Waals surface area contributed by atoms with Gasteiger partial charge in [-0.05, 0) is 31.0 Å². The van der Waals surface area contributed by atoms with Crippen molar-refractivity contribution in [2.45, 2.75) is 38.3 Å². The number of ketones is 1. The Morgan fingerprint density at radius 2 is 1.85 bits per heavy atom. The number of unbranched alkanes of at least 4 members (excludes halogenated alkanes) is 3. The third-order valence-electron chi connectivity index (χ3n) is 2.68. The summed E-state index contributed by atoms with van der Waals surface area (Å²) in [6.07, 6.45) is -2.73. The smallest absolute Gasteiger partial charge is 0.449 e. The number of rotatable bonds is 8. The number of hydrogen-bond acceptors (Lipinski definition) is 2. The molecule has 1 rings (SSSR count). The average molecular weight is 353 g/mol. The first-order valence-electron chi connectivity index (χ1n) is 6.38. The van der Waals surface area contributed by atoms with Crippen LogP contribution in [0.3, 0.4) is 0 Å². The van der Waals surface area contributed by atoms with Crippen LogP contribution in [0.4, 0.5) is 13.2 Å². The fourth-order valence-electron chi connectivity index (χ4n) is 1.63. The van der Waals surface area contributed by atoms with Gasteiger partial charge in [0.2, 0.25) is 5.78 Å². The van der Waals surface area contributed by atoms with Crippen molar-refractivity contribution in [3.63, 3.8) is 0 Å². The van der Waals surface area contributed by atoms with E-state index in [1.54, 1.807) is 0 Å². The lowest BCUT2D eigenvalue weighted by Crippen LogP contribution is -2.22. The first-order chi connectivity index (χ1) is 9.39. The number of halogens is 4. The molecule has 20 heavy (non-hydrogen) atoms. The second kappa shape index (κ2) is 8.29. The van der Waals surface area contributed by atoms with E-state index in [-0.39, 0.29) is 6.42 Å². The van der Waals surface area contributed by atoms with E-state index >= 15 is 0 Å². The zero-order valence-corrected chi connectivity index (χ0v) is 12.5. The Labute approximate surface area is 124 Å². The second-order valence-corrected chi connectivity index (χ2v) is 5.31. The molecular weight excluding hydrogens is 337 g/mol. The minimum absolute atomic E-state index is 0.273. The zero-order chi connectivity index (χ0) is 15.0. The third kappa shape index (κ3) is 6.93. The van der Waals surface area contributed by atoms with Crippen molar-refractivity contribution in [3.05, 3.63) is 28.7 Å². The monoisotopic (exact) mass is 352 g/mol. The summed E-state index contributed by atoms with van der Waals surface area (Å²) < 4.78 is 42.2. The average Bonchev–Trinajstić information content (AvgIpc) is 2.36. The zero-order valence-electron chi connectivity index (χ0n) is 10.9. The highest BCUT2D eigenvalue weighted by Crippen LogP contribution is 2.20. The van der Waals surface area contributed by atoms with Gasteiger partial charge in [-0.25, -0.2) is 0 Å². The van der Waals surface area contributed by atoms with Gasteiger partial charge in [0.25, 0.3) is 0 Å². The number of carbonyl (C=O) groups excluding carboxylic acids is 1. The van der Waals surface area contributed by atoms with Crippen LogP contribution in [-0.4, -0.2) is 18.6 Å². The van der Waals surface area contributed by atoms with E-state index in [0.717, 1.165) is 23.1 Å². The van der Waals surface area contributed by atoms with Crippen LogP contribution in [0.15, 0.2) is 28.7 Å². The highest BCUT2D eigenvalue weighted by Gasteiger charge is 2.36. The van der Waals surface area contributed by atoms with E-state index in [4.69, 9.17) is 4.74 Å². The predicted molar refractivity (Wildman–Crippen MR) is 73.8 cm³/mol. The van der Waals surface area contributed by atoms with Gasteiger partial charge in [-0.15, -0.1) is 0 Å². The summed E-state index contributed by atoms with van der Waals surface area (Å²) in [6.45, 7) is 0.518. The Bertz CT molecular complexity index is 433. The minimum Gasteiger partial charge on any atom is -0.494 e. The van der Waals surface area contributed by atoms with Gasteiger partial charge in [-0.1, -0.05) is 34.8 Å². The second-order valence-electron chi connectivity index (χ2n) is 4.39. The van der Waals surface area contributed by atoms with Gasteiger partial charge in [0.15, 0.2) is 0 Å². The Kier molecular flexibility index (Phi) is 7.05. The molecular formula is C14H16BrF3O2. The standard InChI is InChI=1S/C14H16BrF3O2/c15-11-6-5-7-12(10-11)20-9-4-2-1-3-8-13(19)14(16,17)18/h5-7,10H,1-4,8-9H2. The van der Waals surface area contributed by atoms with E-state index in [0.29, 0.717) is 13.0 Å². The first kappa shape index (κ1) is 17.0. The van der Waals surface area contributed by atoms with Crippen LogP contribution in [0.2, 0.25) is 0 Å². The molecule has 2 nitrogen and oxygen atoms in total. The van der Waals surface area contributed by atoms with Gasteiger partial charge in [-0.3, -0.25) is 4.79 Å². The molecule has 0 aliphatic rings. The van der Waals surface area contributed by atoms with E-state index in [2.05, 4.69) is 15.9 Å². The summed E-state index contributed by atoms with van der Waals surface area (Å²) in [6, 6.07) is 7.45. The maximum Gasteiger partial charge on any atom is 0.449 e. The predicted octanol–water partition coefficient (Wildman–Crippen LogP) is 4.91. The highest BCUT2D eigenvalue weighted by atomic mass is 79.9. The van der Waals surface area contributed by atoms with Gasteiger partial charge in [-0.2, -0.15) is 13.2 Å². The Hall–Kier alpha value is -1.04. The number of ether oxygens (including phenoxy) is 1. The molecule has 112 valence electrons. The molecule has 1 aromatic rings. The summed E-state index contributed by atoms with van der Waals surface area (Å²) in [5.41, 5.74) is 0. The number of benzene rings is 1. The Morgan fingerprint density at radius 3 is 2.50 bits per heavy atom. The van der Waals surface area contributed by atoms with Gasteiger partial charge < -0.3 is 4.74 Å². The fourth-order valence-corrected chi connectivity index (χ4v) is 2.01. The molecule has 0 N–H and O–H groups in total. The summed E-state index contributed by atoms with van der Waals surface area (Å²) >= 11 is 3.33. The highest BCUT2D eigenvalue weighted by molar-refractivity contribution is 9.10. The summed E-state index contributed by atoms with van der Waals surface area (Å²) in [7, 11) is 0. The molecule has 0 fully saturated rings. The quantitative estimate of drug-likeness (QED) is 0.621. The van der Waals surface area contributed by atoms with Crippen LogP contribution < -0.4 is 4.74 Å². The van der Waals surface area contributed by atoms with Crippen molar-refractivity contribution in [3.8, 4) is 5.75 Å². The van der Waals surface area contributed by atoms with Crippen LogP contribution in [0.1, 0.15) is 32.1 Å². The van der Waals surface area contributed by atoms with E-state index in [1.165, 1.54) is 0 Å². The first-order valence-corrected chi connectivity index (χ1v) is 7.17. The summed E-state index contributed by atoms with van der Waals surface area (Å²) in [5, 5.41) is 0. The molecule has 0 bridgehead atoms. The molecule has 0 atom stereocenters. The van der Waals surface area contributed by atoms with Crippen molar-refractivity contribution >= 4 is 21.7 Å². The van der Waals surface area contributed by atoms with E-state index in [9.17, 15) is 18.0 Å². The molecule has 0 saturated heterocycles. The lowest BCUT2D eigenvalue weighted by atomic mass is 10.1. The minimum atomic E-state index is -4.69. The largest absolute Gasteiger partial charge is 0.494 e. The SMILES string of the molecule is O=C(CCCCCCOc1cccc(Br)c1)C(F)(F)F. The maximum atomic E-state index is 11.9. The van der Waals surface area contributed by atoms with Gasteiger partial charge in [0.1, 0.15) is 5.75 Å². The van der Waals surface area contributed by atoms with Crippen molar-refractivity contribution in [2.75, 3.05) is 6.61 Å². The maximum absolute atomic E-state index is 11.9. The number of carbonyl (C=O) groups is 1. The van der Waals surface area contributed by atoms with Gasteiger partial charge in [0.05, 0.1) is 6.61 Å². The van der Waals surface area contributed by atoms with Crippen molar-refractivity contribution in [1.29, 1.82) is 0 Å². The summed E-state index contributed by atoms with van der Waals surface area (Å²) in [5.74, 6) is -0.880. The molecule has 0 aliphatic carbocycles. The molecule has 0 radical (unpaired) electrons. The van der Waals surface area contributed by atoms with Crippen molar-refractivity contribution in [2.24, 2.45) is 0 Å². The van der Waals surface area contributed by atoms with Crippen molar-refractivity contribution < 1.29 is 22.7 Å².